The maximum Gasteiger partial charge on any atom is 0.191 e. The number of hydrogen-bond acceptors (Lipinski definition) is 3. The zero-order chi connectivity index (χ0) is 19.2. The van der Waals surface area contributed by atoms with E-state index in [1.165, 1.54) is 22.0 Å². The number of aryl methyl sites for hydroxylation is 1. The normalized spacial score (nSPS) is 11.7. The molecule has 0 aliphatic heterocycles. The number of hydrogen-bond donors (Lipinski definition) is 3. The van der Waals surface area contributed by atoms with Crippen LogP contribution in [0.15, 0.2) is 34.8 Å². The van der Waals surface area contributed by atoms with Crippen molar-refractivity contribution in [2.75, 3.05) is 13.1 Å². The monoisotopic (exact) mass is 511 g/mol. The third-order valence-electron chi connectivity index (χ3n) is 4.57. The lowest BCUT2D eigenvalue weighted by Gasteiger charge is -2.10. The minimum Gasteiger partial charge on any atom is -0.361 e. The second-order valence-electron chi connectivity index (χ2n) is 7.00. The minimum atomic E-state index is 0. The Morgan fingerprint density at radius 1 is 1.29 bits per heavy atom. The van der Waals surface area contributed by atoms with Gasteiger partial charge in [-0.25, -0.2) is 9.98 Å². The van der Waals surface area contributed by atoms with Gasteiger partial charge in [-0.1, -0.05) is 32.0 Å². The van der Waals surface area contributed by atoms with E-state index < -0.39 is 0 Å². The summed E-state index contributed by atoms with van der Waals surface area (Å²) in [6.45, 7) is 10.8. The summed E-state index contributed by atoms with van der Waals surface area (Å²) in [5, 5.41) is 11.3. The molecule has 2 heterocycles. The highest BCUT2D eigenvalue weighted by atomic mass is 127. The molecule has 3 aromatic rings. The van der Waals surface area contributed by atoms with Crippen molar-refractivity contribution in [3.05, 3.63) is 51.6 Å². The Balaban J connectivity index is 0.00000280. The number of benzene rings is 1. The summed E-state index contributed by atoms with van der Waals surface area (Å²) < 4.78 is 0. The SMILES string of the molecule is CCNC(=NCc1nc(C(C)C)cs1)NCCc1c[nH]c2c(C)cccc12.I. The molecule has 152 valence electrons. The molecule has 0 spiro atoms. The van der Waals surface area contributed by atoms with Gasteiger partial charge in [0, 0.05) is 35.6 Å². The Kier molecular flexibility index (Phi) is 8.75. The summed E-state index contributed by atoms with van der Waals surface area (Å²) in [5.41, 5.74) is 5.00. The molecule has 0 bridgehead atoms. The minimum absolute atomic E-state index is 0. The molecule has 5 nitrogen and oxygen atoms in total. The van der Waals surface area contributed by atoms with Crippen LogP contribution in [-0.2, 0) is 13.0 Å². The molecule has 0 fully saturated rings. The summed E-state index contributed by atoms with van der Waals surface area (Å²) in [5.74, 6) is 1.31. The van der Waals surface area contributed by atoms with Crippen molar-refractivity contribution in [3.63, 3.8) is 0 Å². The van der Waals surface area contributed by atoms with Crippen LogP contribution in [0.3, 0.4) is 0 Å². The molecule has 0 aliphatic rings. The molecule has 0 aliphatic carbocycles. The molecule has 1 aromatic carbocycles. The Morgan fingerprint density at radius 2 is 2.11 bits per heavy atom. The van der Waals surface area contributed by atoms with Crippen molar-refractivity contribution in [1.29, 1.82) is 0 Å². The van der Waals surface area contributed by atoms with E-state index in [0.717, 1.165) is 36.2 Å². The van der Waals surface area contributed by atoms with Crippen LogP contribution in [0.2, 0.25) is 0 Å². The molecule has 0 atom stereocenters. The maximum absolute atomic E-state index is 4.69. The number of H-pyrrole nitrogens is 1. The molecule has 3 N–H and O–H groups in total. The van der Waals surface area contributed by atoms with Gasteiger partial charge in [0.15, 0.2) is 5.96 Å². The van der Waals surface area contributed by atoms with Gasteiger partial charge in [-0.3, -0.25) is 0 Å². The quantitative estimate of drug-likeness (QED) is 0.238. The number of aromatic amines is 1. The fourth-order valence-electron chi connectivity index (χ4n) is 3.04. The molecule has 0 unspecified atom stereocenters. The van der Waals surface area contributed by atoms with E-state index in [1.54, 1.807) is 11.3 Å². The van der Waals surface area contributed by atoms with Gasteiger partial charge < -0.3 is 15.6 Å². The smallest absolute Gasteiger partial charge is 0.191 e. The fourth-order valence-corrected chi connectivity index (χ4v) is 3.92. The first-order valence-electron chi connectivity index (χ1n) is 9.60. The van der Waals surface area contributed by atoms with Crippen LogP contribution in [0.25, 0.3) is 10.9 Å². The highest BCUT2D eigenvalue weighted by molar-refractivity contribution is 14.0. The van der Waals surface area contributed by atoms with Crippen LogP contribution in [0.1, 0.15) is 48.5 Å². The zero-order valence-electron chi connectivity index (χ0n) is 17.0. The third-order valence-corrected chi connectivity index (χ3v) is 5.43. The number of fused-ring (bicyclic) bond motifs is 1. The number of nitrogens with one attached hydrogen (secondary N) is 3. The van der Waals surface area contributed by atoms with Crippen LogP contribution >= 0.6 is 35.3 Å². The van der Waals surface area contributed by atoms with Crippen LogP contribution in [0, 0.1) is 6.92 Å². The van der Waals surface area contributed by atoms with E-state index in [2.05, 4.69) is 83.1 Å². The first-order chi connectivity index (χ1) is 13.1. The Hall–Kier alpha value is -1.61. The molecule has 0 radical (unpaired) electrons. The summed E-state index contributed by atoms with van der Waals surface area (Å²) in [4.78, 5) is 12.7. The molecular formula is C21H30IN5S. The van der Waals surface area contributed by atoms with Gasteiger partial charge in [-0.15, -0.1) is 35.3 Å². The van der Waals surface area contributed by atoms with E-state index in [-0.39, 0.29) is 24.0 Å². The molecule has 0 saturated heterocycles. The van der Waals surface area contributed by atoms with Crippen molar-refractivity contribution in [1.82, 2.24) is 20.6 Å². The number of aromatic nitrogens is 2. The van der Waals surface area contributed by atoms with E-state index in [9.17, 15) is 0 Å². The average Bonchev–Trinajstić information content (AvgIpc) is 3.28. The predicted molar refractivity (Wildman–Crippen MR) is 131 cm³/mol. The highest BCUT2D eigenvalue weighted by Crippen LogP contribution is 2.21. The van der Waals surface area contributed by atoms with Crippen molar-refractivity contribution >= 4 is 52.2 Å². The number of para-hydroxylation sites is 1. The number of halogens is 1. The number of thiazole rings is 1. The summed E-state index contributed by atoms with van der Waals surface area (Å²) in [7, 11) is 0. The first-order valence-corrected chi connectivity index (χ1v) is 10.5. The number of guanidine groups is 1. The van der Waals surface area contributed by atoms with Gasteiger partial charge in [0.1, 0.15) is 5.01 Å². The van der Waals surface area contributed by atoms with Crippen LogP contribution in [-0.4, -0.2) is 29.0 Å². The number of nitrogens with zero attached hydrogens (tertiary/aromatic N) is 2. The third kappa shape index (κ3) is 5.70. The number of aliphatic imine (C=N–C) groups is 1. The van der Waals surface area contributed by atoms with E-state index in [0.29, 0.717) is 12.5 Å². The summed E-state index contributed by atoms with van der Waals surface area (Å²) in [6.07, 6.45) is 3.06. The van der Waals surface area contributed by atoms with Gasteiger partial charge >= 0.3 is 0 Å². The maximum atomic E-state index is 4.69. The second-order valence-corrected chi connectivity index (χ2v) is 7.95. The lowest BCUT2D eigenvalue weighted by molar-refractivity contribution is 0.795. The Labute approximate surface area is 188 Å². The second kappa shape index (κ2) is 10.8. The molecule has 7 heteroatoms. The molecule has 3 rings (SSSR count). The highest BCUT2D eigenvalue weighted by Gasteiger charge is 2.07. The standard InChI is InChI=1S/C21H29N5S.HI/c1-5-22-21(25-12-19-26-18(13-27-19)14(2)3)23-10-9-16-11-24-20-15(4)7-6-8-17(16)20;/h6-8,11,13-14,24H,5,9-10,12H2,1-4H3,(H2,22,23,25);1H. The van der Waals surface area contributed by atoms with Crippen molar-refractivity contribution in [2.24, 2.45) is 4.99 Å². The van der Waals surface area contributed by atoms with Crippen molar-refractivity contribution in [2.45, 2.75) is 46.6 Å². The largest absolute Gasteiger partial charge is 0.361 e. The molecule has 28 heavy (non-hydrogen) atoms. The first kappa shape index (κ1) is 22.7. The van der Waals surface area contributed by atoms with E-state index in [4.69, 9.17) is 0 Å². The van der Waals surface area contributed by atoms with E-state index >= 15 is 0 Å². The lowest BCUT2D eigenvalue weighted by Crippen LogP contribution is -2.38. The molecular weight excluding hydrogens is 481 g/mol. The number of rotatable bonds is 7. The summed E-state index contributed by atoms with van der Waals surface area (Å²) >= 11 is 1.68. The van der Waals surface area contributed by atoms with Crippen molar-refractivity contribution < 1.29 is 0 Å². The molecule has 2 aromatic heterocycles. The fraction of sp³-hybridized carbons (Fsp3) is 0.429. The van der Waals surface area contributed by atoms with Crippen LogP contribution in [0.4, 0.5) is 0 Å². The van der Waals surface area contributed by atoms with Crippen molar-refractivity contribution in [3.8, 4) is 0 Å². The Morgan fingerprint density at radius 3 is 2.82 bits per heavy atom. The zero-order valence-corrected chi connectivity index (χ0v) is 20.2. The predicted octanol–water partition coefficient (Wildman–Crippen LogP) is 4.97. The Bertz CT molecular complexity index is 913. The van der Waals surface area contributed by atoms with Gasteiger partial charge in [0.05, 0.1) is 12.2 Å². The molecule has 0 amide bonds. The topological polar surface area (TPSA) is 65.1 Å². The molecule has 0 saturated carbocycles. The van der Waals surface area contributed by atoms with Gasteiger partial charge in [0.2, 0.25) is 0 Å². The average molecular weight is 511 g/mol. The van der Waals surface area contributed by atoms with Gasteiger partial charge in [-0.05, 0) is 37.3 Å². The lowest BCUT2D eigenvalue weighted by atomic mass is 10.1. The summed E-state index contributed by atoms with van der Waals surface area (Å²) in [6, 6.07) is 6.44. The van der Waals surface area contributed by atoms with Gasteiger partial charge in [-0.2, -0.15) is 0 Å². The van der Waals surface area contributed by atoms with Gasteiger partial charge in [0.25, 0.3) is 0 Å². The van der Waals surface area contributed by atoms with Crippen LogP contribution < -0.4 is 10.6 Å². The van der Waals surface area contributed by atoms with E-state index in [1.807, 2.05) is 0 Å². The van der Waals surface area contributed by atoms with Crippen LogP contribution in [0.5, 0.6) is 0 Å².